The Kier molecular flexibility index (Phi) is 7.27. The number of carbonyl (C=O) groups excluding carboxylic acids is 1. The number of hydrogen-bond acceptors (Lipinski definition) is 4. The van der Waals surface area contributed by atoms with Crippen LogP contribution in [0.15, 0.2) is 35.2 Å². The lowest BCUT2D eigenvalue weighted by Gasteiger charge is -2.27. The van der Waals surface area contributed by atoms with Gasteiger partial charge in [0.1, 0.15) is 10.7 Å². The van der Waals surface area contributed by atoms with Gasteiger partial charge in [0.15, 0.2) is 0 Å². The first-order valence-corrected chi connectivity index (χ1v) is 11.5. The molecule has 0 saturated carbocycles. The monoisotopic (exact) mass is 494 g/mol. The average molecular weight is 496 g/mol. The van der Waals surface area contributed by atoms with Crippen LogP contribution in [-0.2, 0) is 21.3 Å². The van der Waals surface area contributed by atoms with E-state index in [0.717, 1.165) is 6.07 Å². The van der Waals surface area contributed by atoms with Crippen molar-refractivity contribution in [1.29, 1.82) is 0 Å². The fourth-order valence-corrected chi connectivity index (χ4v) is 5.47. The van der Waals surface area contributed by atoms with Gasteiger partial charge in [-0.05, 0) is 24.3 Å². The van der Waals surface area contributed by atoms with Gasteiger partial charge in [-0.3, -0.25) is 4.79 Å². The molecule has 0 spiro atoms. The lowest BCUT2D eigenvalue weighted by atomic mass is 10.1. The molecule has 11 heteroatoms. The van der Waals surface area contributed by atoms with E-state index in [1.807, 2.05) is 0 Å². The minimum atomic E-state index is -3.95. The molecule has 1 saturated heterocycles. The van der Waals surface area contributed by atoms with E-state index in [0.29, 0.717) is 0 Å². The summed E-state index contributed by atoms with van der Waals surface area (Å²) in [6.07, 6.45) is 0. The Balaban J connectivity index is 1.94. The van der Waals surface area contributed by atoms with Crippen molar-refractivity contribution in [1.82, 2.24) is 9.21 Å². The summed E-state index contributed by atoms with van der Waals surface area (Å²) in [5.74, 6) is -1.16. The Hall–Kier alpha value is -1.42. The highest BCUT2D eigenvalue weighted by molar-refractivity contribution is 7.89. The molecular formula is C19H18Cl3FN2O4S. The highest BCUT2D eigenvalue weighted by atomic mass is 35.5. The van der Waals surface area contributed by atoms with Crippen LogP contribution < -0.4 is 0 Å². The minimum Gasteiger partial charge on any atom is -0.379 e. The van der Waals surface area contributed by atoms with Crippen LogP contribution in [0.1, 0.15) is 15.9 Å². The van der Waals surface area contributed by atoms with E-state index in [1.165, 1.54) is 40.5 Å². The maximum Gasteiger partial charge on any atom is 0.255 e. The smallest absolute Gasteiger partial charge is 0.255 e. The largest absolute Gasteiger partial charge is 0.379 e. The second kappa shape index (κ2) is 9.38. The number of ether oxygens (including phenoxy) is 1. The summed E-state index contributed by atoms with van der Waals surface area (Å²) < 4.78 is 46.5. The number of amides is 1. The highest BCUT2D eigenvalue weighted by Gasteiger charge is 2.30. The molecular weight excluding hydrogens is 478 g/mol. The SMILES string of the molecule is CN(Cc1c(F)cccc1Cl)C(=O)c1cc(S(=O)(=O)N2CCOCC2)c(Cl)cc1Cl. The Morgan fingerprint density at radius 1 is 1.13 bits per heavy atom. The van der Waals surface area contributed by atoms with Gasteiger partial charge in [0.05, 0.1) is 28.8 Å². The first kappa shape index (κ1) is 23.2. The lowest BCUT2D eigenvalue weighted by Crippen LogP contribution is -2.40. The van der Waals surface area contributed by atoms with Crippen molar-refractivity contribution in [3.05, 3.63) is 62.3 Å². The van der Waals surface area contributed by atoms with Crippen molar-refractivity contribution in [3.8, 4) is 0 Å². The van der Waals surface area contributed by atoms with Crippen molar-refractivity contribution >= 4 is 50.7 Å². The summed E-state index contributed by atoms with van der Waals surface area (Å²) >= 11 is 18.4. The summed E-state index contributed by atoms with van der Waals surface area (Å²) in [7, 11) is -2.52. The molecule has 3 rings (SSSR count). The standard InChI is InChI=1S/C19H18Cl3FN2O4S/c1-24(11-13-14(20)3-2-4-17(13)23)19(26)12-9-18(16(22)10-15(12)21)30(27,28)25-5-7-29-8-6-25/h2-4,9-10H,5-8,11H2,1H3. The number of morpholine rings is 1. The van der Waals surface area contributed by atoms with Crippen LogP contribution in [0, 0.1) is 5.82 Å². The third-order valence-corrected chi connectivity index (χ3v) is 7.67. The van der Waals surface area contributed by atoms with Gasteiger partial charge in [-0.2, -0.15) is 4.31 Å². The van der Waals surface area contributed by atoms with Gasteiger partial charge >= 0.3 is 0 Å². The molecule has 0 unspecified atom stereocenters. The van der Waals surface area contributed by atoms with E-state index in [2.05, 4.69) is 0 Å². The van der Waals surface area contributed by atoms with Crippen LogP contribution >= 0.6 is 34.8 Å². The Bertz CT molecular complexity index is 1060. The van der Waals surface area contributed by atoms with Crippen LogP contribution in [0.2, 0.25) is 15.1 Å². The van der Waals surface area contributed by atoms with Gasteiger partial charge in [-0.25, -0.2) is 12.8 Å². The molecule has 6 nitrogen and oxygen atoms in total. The van der Waals surface area contributed by atoms with Crippen LogP contribution in [0.5, 0.6) is 0 Å². The third kappa shape index (κ3) is 4.74. The molecule has 1 aliphatic rings. The Morgan fingerprint density at radius 3 is 2.43 bits per heavy atom. The van der Waals surface area contributed by atoms with E-state index in [-0.39, 0.29) is 63.9 Å². The fourth-order valence-electron chi connectivity index (χ4n) is 3.01. The number of rotatable bonds is 5. The summed E-state index contributed by atoms with van der Waals surface area (Å²) in [4.78, 5) is 13.9. The zero-order valence-electron chi connectivity index (χ0n) is 15.9. The zero-order valence-corrected chi connectivity index (χ0v) is 19.0. The molecule has 30 heavy (non-hydrogen) atoms. The maximum absolute atomic E-state index is 14.1. The van der Waals surface area contributed by atoms with Gasteiger partial charge in [-0.1, -0.05) is 40.9 Å². The Labute approximate surface area is 189 Å². The maximum atomic E-state index is 14.1. The molecule has 0 aromatic heterocycles. The molecule has 0 aliphatic carbocycles. The van der Waals surface area contributed by atoms with E-state index < -0.39 is 21.7 Å². The quantitative estimate of drug-likeness (QED) is 0.627. The van der Waals surface area contributed by atoms with Crippen molar-refractivity contribution in [2.45, 2.75) is 11.4 Å². The van der Waals surface area contributed by atoms with E-state index in [4.69, 9.17) is 39.5 Å². The molecule has 0 bridgehead atoms. The van der Waals surface area contributed by atoms with E-state index >= 15 is 0 Å². The predicted molar refractivity (Wildman–Crippen MR) is 113 cm³/mol. The number of benzene rings is 2. The van der Waals surface area contributed by atoms with Crippen LogP contribution in [0.25, 0.3) is 0 Å². The molecule has 2 aromatic carbocycles. The molecule has 0 radical (unpaired) electrons. The number of halogens is 4. The van der Waals surface area contributed by atoms with E-state index in [1.54, 1.807) is 0 Å². The minimum absolute atomic E-state index is 0.0163. The average Bonchev–Trinajstić information content (AvgIpc) is 2.70. The van der Waals surface area contributed by atoms with Crippen LogP contribution in [-0.4, -0.2) is 56.9 Å². The molecule has 1 aliphatic heterocycles. The first-order chi connectivity index (χ1) is 14.1. The summed E-state index contributed by atoms with van der Waals surface area (Å²) in [5, 5.41) is 0.0627. The Morgan fingerprint density at radius 2 is 1.80 bits per heavy atom. The van der Waals surface area contributed by atoms with Crippen molar-refractivity contribution in [2.24, 2.45) is 0 Å². The van der Waals surface area contributed by atoms with Crippen molar-refractivity contribution < 1.29 is 22.3 Å². The molecule has 1 fully saturated rings. The molecule has 162 valence electrons. The first-order valence-electron chi connectivity index (χ1n) is 8.88. The molecule has 2 aromatic rings. The number of nitrogens with zero attached hydrogens (tertiary/aromatic N) is 2. The molecule has 1 heterocycles. The lowest BCUT2D eigenvalue weighted by molar-refractivity contribution is 0.0730. The zero-order chi connectivity index (χ0) is 22.1. The van der Waals surface area contributed by atoms with Gasteiger partial charge in [0, 0.05) is 37.3 Å². The summed E-state index contributed by atoms with van der Waals surface area (Å²) in [6, 6.07) is 6.58. The normalized spacial score (nSPS) is 15.2. The summed E-state index contributed by atoms with van der Waals surface area (Å²) in [6.45, 7) is 0.756. The second-order valence-electron chi connectivity index (χ2n) is 6.64. The highest BCUT2D eigenvalue weighted by Crippen LogP contribution is 2.32. The topological polar surface area (TPSA) is 66.9 Å². The molecule has 1 amide bonds. The predicted octanol–water partition coefficient (Wildman–Crippen LogP) is 4.08. The van der Waals surface area contributed by atoms with Crippen LogP contribution in [0.3, 0.4) is 0 Å². The molecule has 0 atom stereocenters. The van der Waals surface area contributed by atoms with Crippen molar-refractivity contribution in [3.63, 3.8) is 0 Å². The fraction of sp³-hybridized carbons (Fsp3) is 0.316. The van der Waals surface area contributed by atoms with Gasteiger partial charge < -0.3 is 9.64 Å². The van der Waals surface area contributed by atoms with Gasteiger partial charge in [0.25, 0.3) is 5.91 Å². The number of sulfonamides is 1. The number of hydrogen-bond donors (Lipinski definition) is 0. The van der Waals surface area contributed by atoms with Gasteiger partial charge in [0.2, 0.25) is 10.0 Å². The third-order valence-electron chi connectivity index (χ3n) is 4.64. The van der Waals surface area contributed by atoms with Gasteiger partial charge in [-0.15, -0.1) is 0 Å². The number of carbonyl (C=O) groups is 1. The second-order valence-corrected chi connectivity index (χ2v) is 9.77. The molecule has 0 N–H and O–H groups in total. The van der Waals surface area contributed by atoms with Crippen molar-refractivity contribution in [2.75, 3.05) is 33.4 Å². The van der Waals surface area contributed by atoms with Crippen LogP contribution in [0.4, 0.5) is 4.39 Å². The van der Waals surface area contributed by atoms with E-state index in [9.17, 15) is 17.6 Å². The summed E-state index contributed by atoms with van der Waals surface area (Å²) in [5.41, 5.74) is 0.0733.